The number of halogens is 1. The molecule has 1 N–H and O–H groups in total. The molecule has 0 aromatic heterocycles. The molecule has 22 heavy (non-hydrogen) atoms. The Kier molecular flexibility index (Phi) is 4.81. The van der Waals surface area contributed by atoms with Crippen molar-refractivity contribution in [1.29, 1.82) is 0 Å². The second-order valence-corrected chi connectivity index (χ2v) is 7.04. The molecule has 1 saturated heterocycles. The third-order valence-electron chi connectivity index (χ3n) is 4.52. The van der Waals surface area contributed by atoms with E-state index in [1.807, 2.05) is 17.0 Å². The maximum absolute atomic E-state index is 12.1. The van der Waals surface area contributed by atoms with Crippen LogP contribution in [0, 0.1) is 5.92 Å². The molecule has 2 amide bonds. The first-order valence-corrected chi connectivity index (χ1v) is 8.75. The van der Waals surface area contributed by atoms with Gasteiger partial charge in [0, 0.05) is 36.4 Å². The Bertz CT molecular complexity index is 552. The molecule has 1 saturated carbocycles. The van der Waals surface area contributed by atoms with Crippen molar-refractivity contribution in [2.24, 2.45) is 5.92 Å². The lowest BCUT2D eigenvalue weighted by molar-refractivity contribution is -0.130. The molecule has 1 aliphatic carbocycles. The number of benzene rings is 1. The van der Waals surface area contributed by atoms with Crippen molar-refractivity contribution in [3.05, 3.63) is 34.3 Å². The molecular weight excluding hydrogens is 344 g/mol. The summed E-state index contributed by atoms with van der Waals surface area (Å²) < 4.78 is 1.05. The number of hydrogen-bond donors (Lipinski definition) is 1. The molecule has 3 rings (SSSR count). The van der Waals surface area contributed by atoms with Crippen LogP contribution in [0.5, 0.6) is 0 Å². The molecular formula is C17H21BrN2O2. The van der Waals surface area contributed by atoms with Gasteiger partial charge in [0.2, 0.25) is 11.8 Å². The molecule has 2 atom stereocenters. The Morgan fingerprint density at radius 1 is 1.18 bits per heavy atom. The third kappa shape index (κ3) is 3.69. The van der Waals surface area contributed by atoms with Crippen molar-refractivity contribution in [3.63, 3.8) is 0 Å². The quantitative estimate of drug-likeness (QED) is 0.872. The Hall–Kier alpha value is -1.36. The molecule has 1 heterocycles. The monoisotopic (exact) mass is 364 g/mol. The minimum Gasteiger partial charge on any atom is -0.355 e. The molecule has 118 valence electrons. The number of nitrogens with one attached hydrogen (secondary N) is 1. The molecule has 2 fully saturated rings. The summed E-state index contributed by atoms with van der Waals surface area (Å²) in [6.45, 7) is 2.21. The fourth-order valence-corrected chi connectivity index (χ4v) is 3.38. The van der Waals surface area contributed by atoms with E-state index in [9.17, 15) is 9.59 Å². The van der Waals surface area contributed by atoms with Crippen molar-refractivity contribution in [3.8, 4) is 0 Å². The minimum absolute atomic E-state index is 0.0723. The predicted octanol–water partition coefficient (Wildman–Crippen LogP) is 2.68. The van der Waals surface area contributed by atoms with Gasteiger partial charge in [0.05, 0.1) is 0 Å². The average molecular weight is 365 g/mol. The van der Waals surface area contributed by atoms with Crippen LogP contribution in [-0.4, -0.2) is 36.3 Å². The number of nitrogens with zero attached hydrogens (tertiary/aromatic N) is 1. The van der Waals surface area contributed by atoms with E-state index >= 15 is 0 Å². The minimum atomic E-state index is 0.0723. The highest BCUT2D eigenvalue weighted by Gasteiger charge is 2.43. The summed E-state index contributed by atoms with van der Waals surface area (Å²) >= 11 is 3.42. The lowest BCUT2D eigenvalue weighted by Gasteiger charge is -2.15. The molecule has 2 aliphatic rings. The number of likely N-dealkylation sites (tertiary alicyclic amines) is 1. The second-order valence-electron chi connectivity index (χ2n) is 6.13. The fraction of sp³-hybridized carbons (Fsp3) is 0.529. The molecule has 2 unspecified atom stereocenters. The van der Waals surface area contributed by atoms with E-state index in [2.05, 4.69) is 33.4 Å². The van der Waals surface area contributed by atoms with E-state index < -0.39 is 0 Å². The summed E-state index contributed by atoms with van der Waals surface area (Å²) in [4.78, 5) is 25.9. The first kappa shape index (κ1) is 15.5. The van der Waals surface area contributed by atoms with Gasteiger partial charge in [-0.3, -0.25) is 9.59 Å². The summed E-state index contributed by atoms with van der Waals surface area (Å²) in [7, 11) is 0. The van der Waals surface area contributed by atoms with Gasteiger partial charge >= 0.3 is 0 Å². The number of amides is 2. The number of carbonyl (C=O) groups excluding carboxylic acids is 2. The van der Waals surface area contributed by atoms with Gasteiger partial charge < -0.3 is 10.2 Å². The first-order chi connectivity index (χ1) is 10.6. The highest BCUT2D eigenvalue weighted by atomic mass is 79.9. The number of hydrogen-bond acceptors (Lipinski definition) is 2. The highest BCUT2D eigenvalue weighted by molar-refractivity contribution is 9.10. The van der Waals surface area contributed by atoms with E-state index in [4.69, 9.17) is 0 Å². The smallest absolute Gasteiger partial charge is 0.224 e. The van der Waals surface area contributed by atoms with Crippen LogP contribution < -0.4 is 5.32 Å². The van der Waals surface area contributed by atoms with Crippen LogP contribution in [0.2, 0.25) is 0 Å². The van der Waals surface area contributed by atoms with E-state index in [0.717, 1.165) is 36.8 Å². The number of rotatable bonds is 5. The molecule has 0 bridgehead atoms. The van der Waals surface area contributed by atoms with Crippen molar-refractivity contribution in [2.75, 3.05) is 19.6 Å². The topological polar surface area (TPSA) is 49.4 Å². The van der Waals surface area contributed by atoms with E-state index in [-0.39, 0.29) is 17.7 Å². The van der Waals surface area contributed by atoms with Crippen LogP contribution >= 0.6 is 15.9 Å². The van der Waals surface area contributed by atoms with Crippen molar-refractivity contribution in [2.45, 2.75) is 31.6 Å². The number of carbonyl (C=O) groups is 2. The molecule has 4 nitrogen and oxygen atoms in total. The van der Waals surface area contributed by atoms with Gasteiger partial charge in [0.25, 0.3) is 0 Å². The normalized spacial score (nSPS) is 23.4. The SMILES string of the molecule is O=C(NCCC(=O)N1CCCC1)C1CC1c1ccc(Br)cc1. The van der Waals surface area contributed by atoms with E-state index in [1.54, 1.807) is 0 Å². The molecule has 5 heteroatoms. The van der Waals surface area contributed by atoms with Gasteiger partial charge in [-0.05, 0) is 42.9 Å². The predicted molar refractivity (Wildman–Crippen MR) is 88.4 cm³/mol. The van der Waals surface area contributed by atoms with Crippen molar-refractivity contribution >= 4 is 27.7 Å². The maximum Gasteiger partial charge on any atom is 0.224 e. The third-order valence-corrected chi connectivity index (χ3v) is 5.05. The molecule has 1 aliphatic heterocycles. The largest absolute Gasteiger partial charge is 0.355 e. The standard InChI is InChI=1S/C17H21BrN2O2/c18-13-5-3-12(4-6-13)14-11-15(14)17(22)19-8-7-16(21)20-9-1-2-10-20/h3-6,14-15H,1-2,7-11H2,(H,19,22). The van der Waals surface area contributed by atoms with Crippen LogP contribution in [0.1, 0.15) is 37.2 Å². The highest BCUT2D eigenvalue weighted by Crippen LogP contribution is 2.47. The summed E-state index contributed by atoms with van der Waals surface area (Å²) in [5.74, 6) is 0.658. The summed E-state index contributed by atoms with van der Waals surface area (Å²) in [6.07, 6.45) is 3.54. The Morgan fingerprint density at radius 3 is 2.55 bits per heavy atom. The summed E-state index contributed by atoms with van der Waals surface area (Å²) in [6, 6.07) is 8.16. The van der Waals surface area contributed by atoms with Gasteiger partial charge in [0.1, 0.15) is 0 Å². The lowest BCUT2D eigenvalue weighted by atomic mass is 10.1. The average Bonchev–Trinajstić information content (AvgIpc) is 3.12. The molecule has 0 spiro atoms. The molecule has 1 aromatic carbocycles. The zero-order valence-corrected chi connectivity index (χ0v) is 14.1. The fourth-order valence-electron chi connectivity index (χ4n) is 3.11. The van der Waals surface area contributed by atoms with Gasteiger partial charge in [0.15, 0.2) is 0 Å². The Morgan fingerprint density at radius 2 is 1.86 bits per heavy atom. The lowest BCUT2D eigenvalue weighted by Crippen LogP contribution is -2.33. The zero-order valence-electron chi connectivity index (χ0n) is 12.6. The second kappa shape index (κ2) is 6.82. The van der Waals surface area contributed by atoms with E-state index in [0.29, 0.717) is 18.9 Å². The van der Waals surface area contributed by atoms with Crippen LogP contribution in [0.4, 0.5) is 0 Å². The van der Waals surface area contributed by atoms with Crippen molar-refractivity contribution < 1.29 is 9.59 Å². The zero-order chi connectivity index (χ0) is 15.5. The van der Waals surface area contributed by atoms with Crippen molar-refractivity contribution in [1.82, 2.24) is 10.2 Å². The summed E-state index contributed by atoms with van der Waals surface area (Å²) in [5.41, 5.74) is 1.22. The Balaban J connectivity index is 1.40. The van der Waals surface area contributed by atoms with Crippen LogP contribution in [-0.2, 0) is 9.59 Å². The molecule has 0 radical (unpaired) electrons. The van der Waals surface area contributed by atoms with Crippen LogP contribution in [0.25, 0.3) is 0 Å². The van der Waals surface area contributed by atoms with Gasteiger partial charge in [-0.1, -0.05) is 28.1 Å². The summed E-state index contributed by atoms with van der Waals surface area (Å²) in [5, 5.41) is 2.91. The van der Waals surface area contributed by atoms with E-state index in [1.165, 1.54) is 5.56 Å². The Labute approximate surface area is 139 Å². The van der Waals surface area contributed by atoms with Crippen LogP contribution in [0.15, 0.2) is 28.7 Å². The van der Waals surface area contributed by atoms with Gasteiger partial charge in [-0.15, -0.1) is 0 Å². The molecule has 1 aromatic rings. The van der Waals surface area contributed by atoms with Gasteiger partial charge in [-0.2, -0.15) is 0 Å². The first-order valence-electron chi connectivity index (χ1n) is 7.96. The van der Waals surface area contributed by atoms with Gasteiger partial charge in [-0.25, -0.2) is 0 Å². The maximum atomic E-state index is 12.1. The van der Waals surface area contributed by atoms with Crippen LogP contribution in [0.3, 0.4) is 0 Å².